The van der Waals surface area contributed by atoms with Crippen LogP contribution in [0.5, 0.6) is 0 Å². The van der Waals surface area contributed by atoms with Crippen molar-refractivity contribution in [3.05, 3.63) is 48.3 Å². The minimum atomic E-state index is -0.463. The molecule has 0 radical (unpaired) electrons. The van der Waals surface area contributed by atoms with Gasteiger partial charge in [0.2, 0.25) is 0 Å². The molecule has 0 aliphatic rings. The maximum atomic E-state index is 11.3. The Hall–Kier alpha value is -2.43. The molecular formula is C12H11N3O2. The van der Waals surface area contributed by atoms with Crippen LogP contribution in [0.3, 0.4) is 0 Å². The first-order chi connectivity index (χ1) is 8.29. The van der Waals surface area contributed by atoms with Crippen molar-refractivity contribution in [1.29, 1.82) is 0 Å². The third-order valence-corrected chi connectivity index (χ3v) is 2.06. The summed E-state index contributed by atoms with van der Waals surface area (Å²) in [6, 6.07) is 10.6. The van der Waals surface area contributed by atoms with Crippen LogP contribution in [0.15, 0.2) is 42.6 Å². The number of esters is 1. The number of hydrogen-bond acceptors (Lipinski definition) is 5. The minimum absolute atomic E-state index is 0.258. The lowest BCUT2D eigenvalue weighted by atomic mass is 10.3. The Balaban J connectivity index is 2.20. The standard InChI is InChI=1S/C12H11N3O2/c1-17-12(16)9-5-4-7-11(14-9)15-10-6-2-3-8-13-10/h2-8H,1H3,(H,13,14,15). The van der Waals surface area contributed by atoms with Crippen LogP contribution in [0.1, 0.15) is 10.5 Å². The van der Waals surface area contributed by atoms with E-state index in [1.165, 1.54) is 7.11 Å². The van der Waals surface area contributed by atoms with Gasteiger partial charge in [0.25, 0.3) is 0 Å². The average molecular weight is 229 g/mol. The van der Waals surface area contributed by atoms with Gasteiger partial charge >= 0.3 is 5.97 Å². The van der Waals surface area contributed by atoms with Gasteiger partial charge in [-0.1, -0.05) is 12.1 Å². The highest BCUT2D eigenvalue weighted by atomic mass is 16.5. The Morgan fingerprint density at radius 3 is 2.71 bits per heavy atom. The van der Waals surface area contributed by atoms with Crippen LogP contribution in [-0.4, -0.2) is 23.0 Å². The molecule has 0 fully saturated rings. The molecule has 0 atom stereocenters. The van der Waals surface area contributed by atoms with Crippen molar-refractivity contribution in [3.8, 4) is 0 Å². The molecule has 0 saturated carbocycles. The van der Waals surface area contributed by atoms with E-state index in [1.54, 1.807) is 24.4 Å². The normalized spacial score (nSPS) is 9.71. The lowest BCUT2D eigenvalue weighted by molar-refractivity contribution is 0.0594. The third-order valence-electron chi connectivity index (χ3n) is 2.06. The number of nitrogens with one attached hydrogen (secondary N) is 1. The van der Waals surface area contributed by atoms with Crippen LogP contribution >= 0.6 is 0 Å². The topological polar surface area (TPSA) is 64.1 Å². The molecule has 1 N–H and O–H groups in total. The quantitative estimate of drug-likeness (QED) is 0.815. The number of aromatic nitrogens is 2. The predicted octanol–water partition coefficient (Wildman–Crippen LogP) is 2.01. The van der Waals surface area contributed by atoms with E-state index >= 15 is 0 Å². The summed E-state index contributed by atoms with van der Waals surface area (Å²) in [6.45, 7) is 0. The van der Waals surface area contributed by atoms with Crippen LogP contribution in [0.4, 0.5) is 11.6 Å². The summed E-state index contributed by atoms with van der Waals surface area (Å²) in [6.07, 6.45) is 1.67. The predicted molar refractivity (Wildman–Crippen MR) is 63.1 cm³/mol. The summed E-state index contributed by atoms with van der Waals surface area (Å²) in [5.41, 5.74) is 0.258. The average Bonchev–Trinajstić information content (AvgIpc) is 2.39. The fourth-order valence-corrected chi connectivity index (χ4v) is 1.29. The number of anilines is 2. The molecular weight excluding hydrogens is 218 g/mol. The van der Waals surface area contributed by atoms with Crippen LogP contribution in [0.2, 0.25) is 0 Å². The fraction of sp³-hybridized carbons (Fsp3) is 0.0833. The number of ether oxygens (including phenoxy) is 1. The number of carbonyl (C=O) groups excluding carboxylic acids is 1. The molecule has 5 heteroatoms. The highest BCUT2D eigenvalue weighted by molar-refractivity contribution is 5.87. The SMILES string of the molecule is COC(=O)c1cccc(Nc2ccccn2)n1. The maximum absolute atomic E-state index is 11.3. The van der Waals surface area contributed by atoms with E-state index in [0.29, 0.717) is 11.6 Å². The number of hydrogen-bond donors (Lipinski definition) is 1. The van der Waals surface area contributed by atoms with E-state index in [-0.39, 0.29) is 5.69 Å². The lowest BCUT2D eigenvalue weighted by Gasteiger charge is -2.05. The van der Waals surface area contributed by atoms with Gasteiger partial charge in [-0.05, 0) is 24.3 Å². The molecule has 2 aromatic rings. The molecule has 2 heterocycles. The Bertz CT molecular complexity index is 514. The van der Waals surface area contributed by atoms with Gasteiger partial charge in [-0.3, -0.25) is 0 Å². The number of carbonyl (C=O) groups is 1. The van der Waals surface area contributed by atoms with Gasteiger partial charge < -0.3 is 10.1 Å². The van der Waals surface area contributed by atoms with E-state index < -0.39 is 5.97 Å². The van der Waals surface area contributed by atoms with Gasteiger partial charge in [0.05, 0.1) is 7.11 Å². The first-order valence-electron chi connectivity index (χ1n) is 5.03. The van der Waals surface area contributed by atoms with Crippen LogP contribution in [0.25, 0.3) is 0 Å². The van der Waals surface area contributed by atoms with E-state index in [0.717, 1.165) is 0 Å². The molecule has 0 unspecified atom stereocenters. The number of pyridine rings is 2. The minimum Gasteiger partial charge on any atom is -0.464 e. The van der Waals surface area contributed by atoms with Crippen molar-refractivity contribution in [1.82, 2.24) is 9.97 Å². The third kappa shape index (κ3) is 2.78. The molecule has 2 rings (SSSR count). The zero-order valence-corrected chi connectivity index (χ0v) is 9.25. The summed E-state index contributed by atoms with van der Waals surface area (Å²) >= 11 is 0. The Morgan fingerprint density at radius 2 is 2.00 bits per heavy atom. The summed E-state index contributed by atoms with van der Waals surface area (Å²) in [4.78, 5) is 19.5. The monoisotopic (exact) mass is 229 g/mol. The maximum Gasteiger partial charge on any atom is 0.356 e. The molecule has 5 nitrogen and oxygen atoms in total. The molecule has 0 spiro atoms. The fourth-order valence-electron chi connectivity index (χ4n) is 1.29. The van der Waals surface area contributed by atoms with Crippen LogP contribution in [0, 0.1) is 0 Å². The van der Waals surface area contributed by atoms with Crippen molar-refractivity contribution in [2.24, 2.45) is 0 Å². The zero-order valence-electron chi connectivity index (χ0n) is 9.25. The van der Waals surface area contributed by atoms with Crippen LogP contribution < -0.4 is 5.32 Å². The summed E-state index contributed by atoms with van der Waals surface area (Å²) in [5.74, 6) is 0.753. The van der Waals surface area contributed by atoms with Gasteiger partial charge in [-0.15, -0.1) is 0 Å². The van der Waals surface area contributed by atoms with Gasteiger partial charge in [0, 0.05) is 6.20 Å². The van der Waals surface area contributed by atoms with E-state index in [4.69, 9.17) is 0 Å². The Labute approximate surface area is 98.5 Å². The highest BCUT2D eigenvalue weighted by Gasteiger charge is 2.07. The molecule has 0 aliphatic heterocycles. The van der Waals surface area contributed by atoms with E-state index in [9.17, 15) is 4.79 Å². The van der Waals surface area contributed by atoms with Gasteiger partial charge in [0.1, 0.15) is 11.6 Å². The van der Waals surface area contributed by atoms with Gasteiger partial charge in [-0.2, -0.15) is 0 Å². The van der Waals surface area contributed by atoms with Crippen molar-refractivity contribution in [2.45, 2.75) is 0 Å². The van der Waals surface area contributed by atoms with E-state index in [2.05, 4.69) is 20.0 Å². The molecule has 0 saturated heterocycles. The summed E-state index contributed by atoms with van der Waals surface area (Å²) in [7, 11) is 1.32. The molecule has 86 valence electrons. The van der Waals surface area contributed by atoms with Gasteiger partial charge in [0.15, 0.2) is 5.69 Å². The second-order valence-electron chi connectivity index (χ2n) is 3.24. The smallest absolute Gasteiger partial charge is 0.356 e. The molecule has 0 aliphatic carbocycles. The molecule has 17 heavy (non-hydrogen) atoms. The van der Waals surface area contributed by atoms with Crippen molar-refractivity contribution < 1.29 is 9.53 Å². The second kappa shape index (κ2) is 5.07. The molecule has 0 bridgehead atoms. The van der Waals surface area contributed by atoms with Crippen LogP contribution in [-0.2, 0) is 4.74 Å². The summed E-state index contributed by atoms with van der Waals surface area (Å²) in [5, 5.41) is 2.99. The number of methoxy groups -OCH3 is 1. The highest BCUT2D eigenvalue weighted by Crippen LogP contribution is 2.11. The largest absolute Gasteiger partial charge is 0.464 e. The molecule has 2 aromatic heterocycles. The second-order valence-corrected chi connectivity index (χ2v) is 3.24. The van der Waals surface area contributed by atoms with Gasteiger partial charge in [-0.25, -0.2) is 14.8 Å². The zero-order chi connectivity index (χ0) is 12.1. The Kier molecular flexibility index (Phi) is 3.30. The molecule has 0 aromatic carbocycles. The Morgan fingerprint density at radius 1 is 1.18 bits per heavy atom. The van der Waals surface area contributed by atoms with Crippen molar-refractivity contribution in [2.75, 3.05) is 12.4 Å². The van der Waals surface area contributed by atoms with Crippen molar-refractivity contribution >= 4 is 17.6 Å². The number of nitrogens with zero attached hydrogens (tertiary/aromatic N) is 2. The molecule has 0 amide bonds. The first kappa shape index (κ1) is 11.1. The van der Waals surface area contributed by atoms with Crippen molar-refractivity contribution in [3.63, 3.8) is 0 Å². The van der Waals surface area contributed by atoms with E-state index in [1.807, 2.05) is 18.2 Å². The number of rotatable bonds is 3. The first-order valence-corrected chi connectivity index (χ1v) is 5.03. The summed E-state index contributed by atoms with van der Waals surface area (Å²) < 4.78 is 4.60. The lowest BCUT2D eigenvalue weighted by Crippen LogP contribution is -2.05.